The number of anilines is 3. The summed E-state index contributed by atoms with van der Waals surface area (Å²) in [4.78, 5) is 2.57. The molecule has 2 heteroatoms. The fraction of sp³-hybridized carbons (Fsp3) is 0.209. The monoisotopic (exact) mass is 579 g/mol. The minimum Gasteiger partial charge on any atom is -0.311 e. The zero-order valence-electron chi connectivity index (χ0n) is 27.3. The number of hydrogen-bond acceptors (Lipinski definition) is 1. The summed E-state index contributed by atoms with van der Waals surface area (Å²) in [6, 6.07) is 39.6. The summed E-state index contributed by atoms with van der Waals surface area (Å²) in [5.74, 6) is 0. The second-order valence-electron chi connectivity index (χ2n) is 15.4. The molecular weight excluding hydrogens is 541 g/mol. The number of para-hydroxylation sites is 1. The van der Waals surface area contributed by atoms with Gasteiger partial charge in [0.15, 0.2) is 0 Å². The fourth-order valence-corrected chi connectivity index (χ4v) is 8.66. The molecule has 218 valence electrons. The highest BCUT2D eigenvalue weighted by Gasteiger charge is 2.42. The van der Waals surface area contributed by atoms with Crippen molar-refractivity contribution in [2.45, 2.75) is 59.3 Å². The Bertz CT molecular complexity index is 2330. The maximum absolute atomic E-state index is 2.57. The molecule has 9 rings (SSSR count). The van der Waals surface area contributed by atoms with Gasteiger partial charge in [-0.2, -0.15) is 0 Å². The van der Waals surface area contributed by atoms with Crippen molar-refractivity contribution in [3.63, 3.8) is 0 Å². The van der Waals surface area contributed by atoms with Crippen LogP contribution in [0.4, 0.5) is 17.1 Å². The SMILES string of the molecule is Cc1cc(N2c3ccccc3B3c4ccccc4-c4cccc2c43)c2ccc3c(C(C)(C)C)cc(C(C)(C)C)c4ccc1c2c43. The van der Waals surface area contributed by atoms with Crippen molar-refractivity contribution in [2.24, 2.45) is 0 Å². The second-order valence-corrected chi connectivity index (χ2v) is 15.4. The van der Waals surface area contributed by atoms with Gasteiger partial charge in [-0.25, -0.2) is 0 Å². The van der Waals surface area contributed by atoms with Crippen LogP contribution in [0.2, 0.25) is 0 Å². The van der Waals surface area contributed by atoms with Crippen molar-refractivity contribution in [3.8, 4) is 11.1 Å². The summed E-state index contributed by atoms with van der Waals surface area (Å²) in [5, 5.41) is 8.26. The lowest BCUT2D eigenvalue weighted by atomic mass is 9.37. The maximum atomic E-state index is 2.57. The largest absolute Gasteiger partial charge is 0.311 e. The lowest BCUT2D eigenvalue weighted by Gasteiger charge is -2.37. The molecule has 0 aliphatic carbocycles. The smallest absolute Gasteiger partial charge is 0.248 e. The van der Waals surface area contributed by atoms with Crippen LogP contribution in [0.15, 0.2) is 103 Å². The molecule has 0 amide bonds. The third kappa shape index (κ3) is 3.51. The van der Waals surface area contributed by atoms with E-state index in [4.69, 9.17) is 0 Å². The molecule has 0 saturated carbocycles. The number of nitrogens with zero attached hydrogens (tertiary/aromatic N) is 1. The minimum absolute atomic E-state index is 0.0284. The topological polar surface area (TPSA) is 3.24 Å². The lowest BCUT2D eigenvalue weighted by Crippen LogP contribution is -2.54. The third-order valence-electron chi connectivity index (χ3n) is 10.6. The van der Waals surface area contributed by atoms with Gasteiger partial charge >= 0.3 is 0 Å². The van der Waals surface area contributed by atoms with Gasteiger partial charge in [0.05, 0.1) is 5.69 Å². The molecule has 0 saturated heterocycles. The molecule has 0 bridgehead atoms. The normalized spacial score (nSPS) is 14.0. The van der Waals surface area contributed by atoms with Crippen molar-refractivity contribution in [3.05, 3.63) is 120 Å². The molecule has 0 atom stereocenters. The zero-order valence-corrected chi connectivity index (χ0v) is 27.3. The molecule has 0 radical (unpaired) electrons. The molecule has 0 unspecified atom stereocenters. The van der Waals surface area contributed by atoms with E-state index >= 15 is 0 Å². The molecular formula is C43H38BN. The van der Waals surface area contributed by atoms with Crippen LogP contribution in [-0.4, -0.2) is 6.71 Å². The average molecular weight is 580 g/mol. The molecule has 2 aliphatic heterocycles. The molecule has 0 spiro atoms. The number of aryl methyl sites for hydroxylation is 1. The van der Waals surface area contributed by atoms with Gasteiger partial charge < -0.3 is 4.90 Å². The molecule has 7 aromatic carbocycles. The van der Waals surface area contributed by atoms with Crippen LogP contribution in [-0.2, 0) is 10.8 Å². The van der Waals surface area contributed by atoms with E-state index in [0.29, 0.717) is 0 Å². The highest BCUT2D eigenvalue weighted by Crippen LogP contribution is 2.49. The summed E-state index contributed by atoms with van der Waals surface area (Å²) in [6.45, 7) is 16.7. The quantitative estimate of drug-likeness (QED) is 0.138. The summed E-state index contributed by atoms with van der Waals surface area (Å²) in [5.41, 5.74) is 15.1. The van der Waals surface area contributed by atoms with Crippen LogP contribution in [0.5, 0.6) is 0 Å². The van der Waals surface area contributed by atoms with Crippen molar-refractivity contribution in [1.82, 2.24) is 0 Å². The summed E-state index contributed by atoms with van der Waals surface area (Å²) < 4.78 is 0. The van der Waals surface area contributed by atoms with Crippen LogP contribution < -0.4 is 21.3 Å². The van der Waals surface area contributed by atoms with Crippen LogP contribution in [0.25, 0.3) is 43.4 Å². The van der Waals surface area contributed by atoms with Gasteiger partial charge in [-0.1, -0.05) is 132 Å². The third-order valence-corrected chi connectivity index (χ3v) is 10.6. The number of benzene rings is 7. The second kappa shape index (κ2) is 8.79. The summed E-state index contributed by atoms with van der Waals surface area (Å²) >= 11 is 0. The maximum Gasteiger partial charge on any atom is 0.248 e. The Morgan fingerprint density at radius 1 is 0.489 bits per heavy atom. The first-order valence-corrected chi connectivity index (χ1v) is 16.4. The van der Waals surface area contributed by atoms with E-state index in [1.165, 1.54) is 93.6 Å². The Balaban J connectivity index is 1.42. The standard InChI is InChI=1S/C43H38BN/c1-25-23-38(31-22-21-30-33(43(5,6)7)24-32(42(2,3)4)29-20-19-26(25)39(31)40(29)30)45-36-17-11-10-16-35(36)44-34-15-9-8-13-27(34)28-14-12-18-37(45)41(28)44/h8-24H,1-7H3. The molecule has 0 fully saturated rings. The van der Waals surface area contributed by atoms with Crippen LogP contribution in [0.1, 0.15) is 58.2 Å². The summed E-state index contributed by atoms with van der Waals surface area (Å²) in [7, 11) is 0. The minimum atomic E-state index is 0.0284. The summed E-state index contributed by atoms with van der Waals surface area (Å²) in [6.07, 6.45) is 0. The number of hydrogen-bond donors (Lipinski definition) is 0. The van der Waals surface area contributed by atoms with E-state index in [2.05, 4.69) is 156 Å². The van der Waals surface area contributed by atoms with E-state index in [0.717, 1.165) is 0 Å². The highest BCUT2D eigenvalue weighted by molar-refractivity contribution is 7.01. The number of rotatable bonds is 1. The Morgan fingerprint density at radius 2 is 1.04 bits per heavy atom. The molecule has 7 aromatic rings. The Hall–Kier alpha value is -4.56. The van der Waals surface area contributed by atoms with Gasteiger partial charge in [0.25, 0.3) is 0 Å². The van der Waals surface area contributed by atoms with Crippen molar-refractivity contribution in [2.75, 3.05) is 4.90 Å². The molecule has 2 aliphatic rings. The van der Waals surface area contributed by atoms with Crippen molar-refractivity contribution >= 4 is 72.5 Å². The Morgan fingerprint density at radius 3 is 1.76 bits per heavy atom. The molecule has 0 aromatic heterocycles. The first-order valence-electron chi connectivity index (χ1n) is 16.4. The van der Waals surface area contributed by atoms with Crippen molar-refractivity contribution in [1.29, 1.82) is 0 Å². The molecule has 0 N–H and O–H groups in total. The zero-order chi connectivity index (χ0) is 31.0. The van der Waals surface area contributed by atoms with Crippen molar-refractivity contribution < 1.29 is 0 Å². The van der Waals surface area contributed by atoms with Gasteiger partial charge in [0.1, 0.15) is 0 Å². The van der Waals surface area contributed by atoms with Crippen LogP contribution in [0.3, 0.4) is 0 Å². The Labute approximate surface area is 266 Å². The first kappa shape index (κ1) is 26.8. The van der Waals surface area contributed by atoms with Gasteiger partial charge in [0, 0.05) is 16.8 Å². The Kier molecular flexibility index (Phi) is 5.24. The van der Waals surface area contributed by atoms with Gasteiger partial charge in [-0.05, 0) is 102 Å². The molecule has 45 heavy (non-hydrogen) atoms. The number of fused-ring (bicyclic) bond motifs is 5. The highest BCUT2D eigenvalue weighted by atomic mass is 15.2. The van der Waals surface area contributed by atoms with Gasteiger partial charge in [-0.3, -0.25) is 0 Å². The predicted molar refractivity (Wildman–Crippen MR) is 197 cm³/mol. The van der Waals surface area contributed by atoms with E-state index in [1.54, 1.807) is 0 Å². The lowest BCUT2D eigenvalue weighted by molar-refractivity contribution is 0.576. The average Bonchev–Trinajstić information content (AvgIpc) is 3.35. The van der Waals surface area contributed by atoms with Crippen LogP contribution >= 0.6 is 0 Å². The predicted octanol–water partition coefficient (Wildman–Crippen LogP) is 9.77. The van der Waals surface area contributed by atoms with E-state index in [1.807, 2.05) is 0 Å². The van der Waals surface area contributed by atoms with Crippen LogP contribution in [0, 0.1) is 6.92 Å². The van der Waals surface area contributed by atoms with Gasteiger partial charge in [-0.15, -0.1) is 0 Å². The fourth-order valence-electron chi connectivity index (χ4n) is 8.66. The molecule has 1 nitrogen and oxygen atoms in total. The van der Waals surface area contributed by atoms with Gasteiger partial charge in [0.2, 0.25) is 6.71 Å². The molecule has 2 heterocycles. The van der Waals surface area contributed by atoms with E-state index in [-0.39, 0.29) is 17.5 Å². The van der Waals surface area contributed by atoms with E-state index < -0.39 is 0 Å². The van der Waals surface area contributed by atoms with E-state index in [9.17, 15) is 0 Å². The first-order chi connectivity index (χ1) is 21.5.